The number of ether oxygens (including phenoxy) is 1. The molecule has 0 saturated heterocycles. The summed E-state index contributed by atoms with van der Waals surface area (Å²) in [5, 5.41) is 1.94. The van der Waals surface area contributed by atoms with E-state index in [1.165, 1.54) is 7.11 Å². The first-order valence-electron chi connectivity index (χ1n) is 6.73. The van der Waals surface area contributed by atoms with E-state index in [2.05, 4.69) is 4.74 Å². The number of benzene rings is 1. The fourth-order valence-corrected chi connectivity index (χ4v) is 2.08. The number of methoxy groups -OCH3 is 1. The first kappa shape index (κ1) is 18.0. The Kier molecular flexibility index (Phi) is 6.39. The molecule has 0 fully saturated rings. The molecule has 1 aromatic carbocycles. The SMILES string of the molecule is COC(=O)[C@H](C)C[C@H](Cc1ccccc1)NC(=O)C(F)(F)F. The number of nitrogens with one attached hydrogen (secondary N) is 1. The zero-order valence-corrected chi connectivity index (χ0v) is 12.3. The predicted octanol–water partition coefficient (Wildman–Crippen LogP) is 2.48. The minimum absolute atomic E-state index is 0.0589. The lowest BCUT2D eigenvalue weighted by atomic mass is 9.96. The summed E-state index contributed by atoms with van der Waals surface area (Å²) in [5.41, 5.74) is 0.770. The number of rotatable bonds is 6. The van der Waals surface area contributed by atoms with Gasteiger partial charge in [0.05, 0.1) is 13.0 Å². The Hall–Kier alpha value is -2.05. The van der Waals surface area contributed by atoms with Gasteiger partial charge in [0.25, 0.3) is 0 Å². The molecule has 0 spiro atoms. The molecular formula is C15H18F3NO3. The summed E-state index contributed by atoms with van der Waals surface area (Å²) in [5.74, 6) is -3.16. The largest absolute Gasteiger partial charge is 0.471 e. The van der Waals surface area contributed by atoms with Gasteiger partial charge >= 0.3 is 18.1 Å². The van der Waals surface area contributed by atoms with Gasteiger partial charge in [-0.15, -0.1) is 0 Å². The van der Waals surface area contributed by atoms with Gasteiger partial charge in [-0.2, -0.15) is 13.2 Å². The molecule has 0 bridgehead atoms. The van der Waals surface area contributed by atoms with Gasteiger partial charge in [-0.3, -0.25) is 9.59 Å². The molecular weight excluding hydrogens is 299 g/mol. The molecule has 0 aliphatic rings. The Morgan fingerprint density at radius 2 is 1.82 bits per heavy atom. The van der Waals surface area contributed by atoms with E-state index in [-0.39, 0.29) is 12.8 Å². The monoisotopic (exact) mass is 317 g/mol. The molecule has 0 aromatic heterocycles. The zero-order valence-electron chi connectivity index (χ0n) is 12.3. The number of carbonyl (C=O) groups is 2. The third-order valence-electron chi connectivity index (χ3n) is 3.16. The number of hydrogen-bond donors (Lipinski definition) is 1. The van der Waals surface area contributed by atoms with Gasteiger partial charge in [-0.25, -0.2) is 0 Å². The van der Waals surface area contributed by atoms with Crippen molar-refractivity contribution in [2.45, 2.75) is 32.0 Å². The van der Waals surface area contributed by atoms with Gasteiger partial charge in [0, 0.05) is 6.04 Å². The first-order valence-corrected chi connectivity index (χ1v) is 6.73. The summed E-state index contributed by atoms with van der Waals surface area (Å²) in [7, 11) is 1.21. The molecule has 22 heavy (non-hydrogen) atoms. The third kappa shape index (κ3) is 5.75. The summed E-state index contributed by atoms with van der Waals surface area (Å²) in [6.07, 6.45) is -4.70. The Balaban J connectivity index is 2.80. The highest BCUT2D eigenvalue weighted by Gasteiger charge is 2.40. The highest BCUT2D eigenvalue weighted by atomic mass is 19.4. The summed E-state index contributed by atoms with van der Waals surface area (Å²) in [4.78, 5) is 22.6. The number of halogens is 3. The van der Waals surface area contributed by atoms with Gasteiger partial charge in [0.2, 0.25) is 0 Å². The fraction of sp³-hybridized carbons (Fsp3) is 0.467. The molecule has 0 heterocycles. The highest BCUT2D eigenvalue weighted by Crippen LogP contribution is 2.18. The lowest BCUT2D eigenvalue weighted by Gasteiger charge is -2.22. The van der Waals surface area contributed by atoms with Crippen molar-refractivity contribution in [1.82, 2.24) is 5.32 Å². The van der Waals surface area contributed by atoms with Gasteiger partial charge in [-0.1, -0.05) is 37.3 Å². The van der Waals surface area contributed by atoms with E-state index in [0.717, 1.165) is 5.56 Å². The quantitative estimate of drug-likeness (QED) is 0.820. The molecule has 0 radical (unpaired) electrons. The molecule has 1 rings (SSSR count). The normalized spacial score (nSPS) is 14.0. The van der Waals surface area contributed by atoms with Crippen molar-refractivity contribution in [3.63, 3.8) is 0 Å². The van der Waals surface area contributed by atoms with Crippen LogP contribution in [0, 0.1) is 5.92 Å². The maximum Gasteiger partial charge on any atom is 0.471 e. The summed E-state index contributed by atoms with van der Waals surface area (Å²) < 4.78 is 41.8. The molecule has 122 valence electrons. The van der Waals surface area contributed by atoms with Crippen LogP contribution in [0.4, 0.5) is 13.2 Å². The van der Waals surface area contributed by atoms with Gasteiger partial charge in [0.1, 0.15) is 0 Å². The molecule has 0 aliphatic heterocycles. The van der Waals surface area contributed by atoms with Crippen LogP contribution in [0.25, 0.3) is 0 Å². The zero-order chi connectivity index (χ0) is 16.8. The second kappa shape index (κ2) is 7.82. The third-order valence-corrected chi connectivity index (χ3v) is 3.16. The van der Waals surface area contributed by atoms with Crippen LogP contribution < -0.4 is 5.32 Å². The second-order valence-corrected chi connectivity index (χ2v) is 5.02. The van der Waals surface area contributed by atoms with Crippen LogP contribution in [-0.4, -0.2) is 31.2 Å². The van der Waals surface area contributed by atoms with Crippen LogP contribution in [0.5, 0.6) is 0 Å². The molecule has 0 aliphatic carbocycles. The smallest absolute Gasteiger partial charge is 0.469 e. The van der Waals surface area contributed by atoms with E-state index >= 15 is 0 Å². The van der Waals surface area contributed by atoms with E-state index in [1.807, 2.05) is 5.32 Å². The molecule has 1 N–H and O–H groups in total. The molecule has 1 amide bonds. The topological polar surface area (TPSA) is 55.4 Å². The number of esters is 1. The lowest BCUT2D eigenvalue weighted by molar-refractivity contribution is -0.174. The maximum atomic E-state index is 12.4. The Bertz CT molecular complexity index is 503. The summed E-state index contributed by atoms with van der Waals surface area (Å²) >= 11 is 0. The lowest BCUT2D eigenvalue weighted by Crippen LogP contribution is -2.45. The van der Waals surface area contributed by atoms with E-state index in [4.69, 9.17) is 0 Å². The Morgan fingerprint density at radius 1 is 1.23 bits per heavy atom. The van der Waals surface area contributed by atoms with E-state index in [1.54, 1.807) is 37.3 Å². The van der Waals surface area contributed by atoms with E-state index < -0.39 is 30.0 Å². The Labute approximate surface area is 126 Å². The van der Waals surface area contributed by atoms with Gasteiger partial charge in [0.15, 0.2) is 0 Å². The van der Waals surface area contributed by atoms with Crippen LogP contribution in [0.2, 0.25) is 0 Å². The van der Waals surface area contributed by atoms with Crippen LogP contribution in [-0.2, 0) is 20.7 Å². The van der Waals surface area contributed by atoms with Crippen molar-refractivity contribution in [3.8, 4) is 0 Å². The van der Waals surface area contributed by atoms with Crippen LogP contribution >= 0.6 is 0 Å². The predicted molar refractivity (Wildman–Crippen MR) is 73.9 cm³/mol. The van der Waals surface area contributed by atoms with Crippen LogP contribution in [0.15, 0.2) is 30.3 Å². The van der Waals surface area contributed by atoms with Crippen molar-refractivity contribution in [2.75, 3.05) is 7.11 Å². The fourth-order valence-electron chi connectivity index (χ4n) is 2.08. The number of carbonyl (C=O) groups excluding carboxylic acids is 2. The minimum Gasteiger partial charge on any atom is -0.469 e. The first-order chi connectivity index (χ1) is 10.2. The highest BCUT2D eigenvalue weighted by molar-refractivity contribution is 5.82. The summed E-state index contributed by atoms with van der Waals surface area (Å²) in [6, 6.07) is 7.96. The summed E-state index contributed by atoms with van der Waals surface area (Å²) in [6.45, 7) is 1.55. The van der Waals surface area contributed by atoms with Crippen molar-refractivity contribution in [1.29, 1.82) is 0 Å². The average Bonchev–Trinajstić information content (AvgIpc) is 2.46. The van der Waals surface area contributed by atoms with Crippen LogP contribution in [0.1, 0.15) is 18.9 Å². The number of alkyl halides is 3. The minimum atomic E-state index is -4.95. The van der Waals surface area contributed by atoms with E-state index in [9.17, 15) is 22.8 Å². The van der Waals surface area contributed by atoms with Gasteiger partial charge < -0.3 is 10.1 Å². The molecule has 0 unspecified atom stereocenters. The standard InChI is InChI=1S/C15H18F3NO3/c1-10(13(20)22-2)8-12(19-14(21)15(16,17)18)9-11-6-4-3-5-7-11/h3-7,10,12H,8-9H2,1-2H3,(H,19,21)/t10-,12-/m1/s1. The second-order valence-electron chi connectivity index (χ2n) is 5.02. The van der Waals surface area contributed by atoms with Crippen LogP contribution in [0.3, 0.4) is 0 Å². The molecule has 2 atom stereocenters. The van der Waals surface area contributed by atoms with E-state index in [0.29, 0.717) is 0 Å². The molecule has 0 saturated carbocycles. The maximum absolute atomic E-state index is 12.4. The average molecular weight is 317 g/mol. The molecule has 4 nitrogen and oxygen atoms in total. The Morgan fingerprint density at radius 3 is 2.32 bits per heavy atom. The van der Waals surface area contributed by atoms with Crippen molar-refractivity contribution >= 4 is 11.9 Å². The van der Waals surface area contributed by atoms with Crippen molar-refractivity contribution in [3.05, 3.63) is 35.9 Å². The number of hydrogen-bond acceptors (Lipinski definition) is 3. The number of amides is 1. The molecule has 7 heteroatoms. The molecule has 1 aromatic rings. The van der Waals surface area contributed by atoms with Crippen molar-refractivity contribution < 1.29 is 27.5 Å². The van der Waals surface area contributed by atoms with Gasteiger partial charge in [-0.05, 0) is 18.4 Å². The van der Waals surface area contributed by atoms with Crippen molar-refractivity contribution in [2.24, 2.45) is 5.92 Å².